The van der Waals surface area contributed by atoms with Gasteiger partial charge in [-0.15, -0.1) is 0 Å². The third kappa shape index (κ3) is 35.5. The maximum Gasteiger partial charge on any atom is 0.500 e. The van der Waals surface area contributed by atoms with Crippen molar-refractivity contribution in [3.63, 3.8) is 0 Å². The molecule has 0 bridgehead atoms. The molecule has 8 nitrogen and oxygen atoms in total. The summed E-state index contributed by atoms with van der Waals surface area (Å²) in [6.45, 7) is 10.7. The van der Waals surface area contributed by atoms with E-state index in [1.54, 1.807) is 0 Å². The fourth-order valence-electron chi connectivity index (χ4n) is 3.06. The van der Waals surface area contributed by atoms with Crippen LogP contribution < -0.4 is 5.73 Å². The first-order valence-electron chi connectivity index (χ1n) is 12.5. The van der Waals surface area contributed by atoms with Crippen molar-refractivity contribution in [1.82, 2.24) is 0 Å². The van der Waals surface area contributed by atoms with Crippen LogP contribution in [-0.2, 0) is 23.7 Å². The SMILES string of the molecule is CCCCCCCCCCC[CH2][Na].CCO[Si](CCCN)(OCC)OCC.O=S(=O)(O)O. The number of rotatable bonds is 19. The first-order chi connectivity index (χ1) is 15.2. The van der Waals surface area contributed by atoms with Gasteiger partial charge in [-0.1, -0.05) is 0 Å². The van der Waals surface area contributed by atoms with Gasteiger partial charge in [0, 0.05) is 25.9 Å². The third-order valence-corrected chi connectivity index (χ3v) is 8.35. The Morgan fingerprint density at radius 1 is 0.719 bits per heavy atom. The summed E-state index contributed by atoms with van der Waals surface area (Å²) in [5.74, 6) is 0. The largest absolute Gasteiger partial charge is 0.500 e. The summed E-state index contributed by atoms with van der Waals surface area (Å²) < 4.78 is 50.0. The van der Waals surface area contributed by atoms with E-state index in [1.165, 1.54) is 95.8 Å². The Kier molecular flexibility index (Phi) is 33.0. The molecular weight excluding hydrogens is 461 g/mol. The van der Waals surface area contributed by atoms with E-state index >= 15 is 0 Å². The molecule has 0 fully saturated rings. The molecule has 0 saturated carbocycles. The second-order valence-corrected chi connectivity index (χ2v) is 12.1. The van der Waals surface area contributed by atoms with Crippen molar-refractivity contribution in [3.8, 4) is 0 Å². The molecule has 0 aliphatic carbocycles. The van der Waals surface area contributed by atoms with Crippen molar-refractivity contribution in [2.24, 2.45) is 5.73 Å². The molecule has 0 aliphatic rings. The second-order valence-electron chi connectivity index (χ2n) is 7.50. The predicted molar refractivity (Wildman–Crippen MR) is 136 cm³/mol. The monoisotopic (exact) mass is 511 g/mol. The first-order valence-corrected chi connectivity index (χ1v) is 17.2. The average Bonchev–Trinajstić information content (AvgIpc) is 2.71. The van der Waals surface area contributed by atoms with E-state index in [0.717, 1.165) is 12.5 Å². The molecule has 0 atom stereocenters. The fourth-order valence-corrected chi connectivity index (χ4v) is 6.20. The molecule has 0 radical (unpaired) electrons. The minimum atomic E-state index is -4.67. The van der Waals surface area contributed by atoms with Crippen molar-refractivity contribution in [2.45, 2.75) is 108 Å². The van der Waals surface area contributed by atoms with Crippen molar-refractivity contribution in [2.75, 3.05) is 26.4 Å². The van der Waals surface area contributed by atoms with E-state index in [1.807, 2.05) is 20.8 Å². The number of hydrogen-bond acceptors (Lipinski definition) is 6. The molecule has 0 aromatic carbocycles. The Labute approximate surface area is 217 Å². The Hall–Kier alpha value is 0.927. The van der Waals surface area contributed by atoms with Crippen LogP contribution in [0.5, 0.6) is 0 Å². The van der Waals surface area contributed by atoms with Crippen LogP contribution in [-0.4, -0.2) is 80.6 Å². The molecule has 4 N–H and O–H groups in total. The van der Waals surface area contributed by atoms with Gasteiger partial charge in [-0.3, -0.25) is 9.11 Å². The van der Waals surface area contributed by atoms with E-state index in [2.05, 4.69) is 6.92 Å². The molecular formula is C21H50NNaO7SSi. The Balaban J connectivity index is -0.000000436. The summed E-state index contributed by atoms with van der Waals surface area (Å²) in [6, 6.07) is 0.818. The topological polar surface area (TPSA) is 128 Å². The van der Waals surface area contributed by atoms with Crippen molar-refractivity contribution in [1.29, 1.82) is 0 Å². The van der Waals surface area contributed by atoms with E-state index in [-0.39, 0.29) is 0 Å². The minimum Gasteiger partial charge on any atom is -0.374 e. The molecule has 0 heterocycles. The summed E-state index contributed by atoms with van der Waals surface area (Å²) in [4.78, 5) is 0. The summed E-state index contributed by atoms with van der Waals surface area (Å²) in [5, 5.41) is 0. The maximum absolute atomic E-state index is 8.74. The molecule has 11 heteroatoms. The van der Waals surface area contributed by atoms with E-state index < -0.39 is 19.2 Å². The molecule has 0 spiro atoms. The molecule has 0 unspecified atom stereocenters. The Morgan fingerprint density at radius 2 is 1.06 bits per heavy atom. The van der Waals surface area contributed by atoms with Crippen LogP contribution in [0.2, 0.25) is 9.71 Å². The van der Waals surface area contributed by atoms with Gasteiger partial charge in [-0.2, -0.15) is 8.42 Å². The third-order valence-electron chi connectivity index (χ3n) is 4.49. The molecule has 0 aromatic heterocycles. The molecule has 32 heavy (non-hydrogen) atoms. The van der Waals surface area contributed by atoms with Crippen molar-refractivity contribution in [3.05, 3.63) is 0 Å². The quantitative estimate of drug-likeness (QED) is 0.122. The van der Waals surface area contributed by atoms with Gasteiger partial charge in [-0.05, 0) is 33.7 Å². The van der Waals surface area contributed by atoms with E-state index in [4.69, 9.17) is 36.5 Å². The Bertz CT molecular complexity index is 424. The van der Waals surface area contributed by atoms with Crippen molar-refractivity contribution >= 4 is 47.1 Å². The number of unbranched alkanes of at least 4 members (excludes halogenated alkanes) is 9. The first kappa shape index (κ1) is 37.5. The minimum absolute atomic E-state index is 0.636. The summed E-state index contributed by atoms with van der Waals surface area (Å²) in [6.07, 6.45) is 15.6. The van der Waals surface area contributed by atoms with Crippen LogP contribution in [0.25, 0.3) is 0 Å². The molecule has 192 valence electrons. The normalized spacial score (nSPS) is 11.4. The van der Waals surface area contributed by atoms with Gasteiger partial charge >= 0.3 is 122 Å². The Morgan fingerprint density at radius 3 is 1.34 bits per heavy atom. The van der Waals surface area contributed by atoms with Crippen LogP contribution in [0.1, 0.15) is 98.3 Å². The molecule has 0 saturated heterocycles. The number of nitrogens with two attached hydrogens (primary N) is 1. The van der Waals surface area contributed by atoms with Gasteiger partial charge in [-0.25, -0.2) is 0 Å². The smallest absolute Gasteiger partial charge is 0.374 e. The van der Waals surface area contributed by atoms with E-state index in [9.17, 15) is 0 Å². The molecule has 0 aromatic rings. The van der Waals surface area contributed by atoms with Crippen LogP contribution in [0.15, 0.2) is 0 Å². The van der Waals surface area contributed by atoms with Gasteiger partial charge in [0.2, 0.25) is 0 Å². The molecule has 0 aliphatic heterocycles. The van der Waals surface area contributed by atoms with Crippen LogP contribution >= 0.6 is 0 Å². The second kappa shape index (κ2) is 28.2. The van der Waals surface area contributed by atoms with Crippen LogP contribution in [0.4, 0.5) is 0 Å². The predicted octanol–water partition coefficient (Wildman–Crippen LogP) is 5.22. The van der Waals surface area contributed by atoms with Crippen LogP contribution in [0, 0.1) is 0 Å². The average molecular weight is 512 g/mol. The zero-order valence-electron chi connectivity index (χ0n) is 21.4. The van der Waals surface area contributed by atoms with Gasteiger partial charge in [0.15, 0.2) is 0 Å². The van der Waals surface area contributed by atoms with Gasteiger partial charge in [0.25, 0.3) is 0 Å². The van der Waals surface area contributed by atoms with Gasteiger partial charge in [0.1, 0.15) is 0 Å². The van der Waals surface area contributed by atoms with Gasteiger partial charge < -0.3 is 19.0 Å². The fraction of sp³-hybridized carbons (Fsp3) is 1.00. The van der Waals surface area contributed by atoms with Crippen molar-refractivity contribution < 1.29 is 30.8 Å². The summed E-state index contributed by atoms with van der Waals surface area (Å²) in [5.41, 5.74) is 5.48. The van der Waals surface area contributed by atoms with Gasteiger partial charge in [0.05, 0.1) is 0 Å². The zero-order chi connectivity index (χ0) is 25.1. The summed E-state index contributed by atoms with van der Waals surface area (Å²) >= 11 is 1.41. The standard InChI is InChI=1S/C12H25.C9H23NO3Si.Na.H2O4S/c1-3-5-7-9-11-12-10-8-6-4-2;1-4-11-14(12-5-2,13-6-3)9-7-8-10;;1-5(2,3)4/h1,3-12H2,2H3;4-10H2,1-3H3;;(H2,1,2,3,4). The van der Waals surface area contributed by atoms with E-state index in [0.29, 0.717) is 26.4 Å². The zero-order valence-corrected chi connectivity index (χ0v) is 25.3. The molecule has 0 rings (SSSR count). The maximum atomic E-state index is 8.74. The summed E-state index contributed by atoms with van der Waals surface area (Å²) in [7, 11) is -7.06. The number of hydrogen-bond donors (Lipinski definition) is 3. The van der Waals surface area contributed by atoms with Crippen LogP contribution in [0.3, 0.4) is 0 Å². The molecule has 0 amide bonds.